The minimum Gasteiger partial charge on any atom is -0.486 e. The number of hydrogen-bond acceptors (Lipinski definition) is 6. The van der Waals surface area contributed by atoms with Gasteiger partial charge in [0.25, 0.3) is 11.6 Å². The Labute approximate surface area is 176 Å². The third-order valence-corrected chi connectivity index (χ3v) is 5.07. The van der Waals surface area contributed by atoms with Crippen LogP contribution in [0.25, 0.3) is 22.4 Å². The molecule has 8 heteroatoms. The maximum absolute atomic E-state index is 14.3. The lowest BCUT2D eigenvalue weighted by Crippen LogP contribution is -2.40. The van der Waals surface area contributed by atoms with E-state index in [2.05, 4.69) is 15.5 Å². The summed E-state index contributed by atoms with van der Waals surface area (Å²) in [6.07, 6.45) is -0.342. The normalized spacial score (nSPS) is 15.1. The number of hydrogen-bond donors (Lipinski definition) is 1. The SMILES string of the molecule is Cc1noc2nc(-c3ccccc3F)cc(C(=O)NC[C@@H]3COc4ccccc4O3)c12. The molecule has 0 spiro atoms. The molecule has 0 aliphatic carbocycles. The van der Waals surface area contributed by atoms with E-state index in [0.29, 0.717) is 34.7 Å². The van der Waals surface area contributed by atoms with Gasteiger partial charge in [0.1, 0.15) is 18.5 Å². The molecule has 31 heavy (non-hydrogen) atoms. The average molecular weight is 419 g/mol. The minimum atomic E-state index is -0.441. The number of nitrogens with one attached hydrogen (secondary N) is 1. The number of rotatable bonds is 4. The second kappa shape index (κ2) is 7.71. The highest BCUT2D eigenvalue weighted by Gasteiger charge is 2.24. The van der Waals surface area contributed by atoms with Crippen LogP contribution < -0.4 is 14.8 Å². The van der Waals surface area contributed by atoms with E-state index in [1.165, 1.54) is 6.07 Å². The predicted octanol–water partition coefficient (Wildman–Crippen LogP) is 3.91. The summed E-state index contributed by atoms with van der Waals surface area (Å²) in [5.74, 6) is 0.508. The van der Waals surface area contributed by atoms with Gasteiger partial charge in [-0.25, -0.2) is 9.37 Å². The summed E-state index contributed by atoms with van der Waals surface area (Å²) in [7, 11) is 0. The van der Waals surface area contributed by atoms with Crippen LogP contribution in [0.5, 0.6) is 11.5 Å². The van der Waals surface area contributed by atoms with Gasteiger partial charge in [0.05, 0.1) is 28.9 Å². The van der Waals surface area contributed by atoms with E-state index >= 15 is 0 Å². The van der Waals surface area contributed by atoms with Crippen LogP contribution in [0.4, 0.5) is 4.39 Å². The molecule has 1 amide bonds. The number of ether oxygens (including phenoxy) is 2. The highest BCUT2D eigenvalue weighted by Crippen LogP contribution is 2.31. The first-order valence-corrected chi connectivity index (χ1v) is 9.79. The van der Waals surface area contributed by atoms with E-state index in [9.17, 15) is 9.18 Å². The van der Waals surface area contributed by atoms with Gasteiger partial charge in [0, 0.05) is 5.56 Å². The zero-order valence-electron chi connectivity index (χ0n) is 16.6. The zero-order valence-corrected chi connectivity index (χ0v) is 16.6. The molecule has 0 radical (unpaired) electrons. The van der Waals surface area contributed by atoms with E-state index < -0.39 is 5.82 Å². The van der Waals surface area contributed by atoms with Gasteiger partial charge in [0.2, 0.25) is 0 Å². The van der Waals surface area contributed by atoms with Crippen LogP contribution in [0.2, 0.25) is 0 Å². The number of pyridine rings is 1. The van der Waals surface area contributed by atoms with Crippen molar-refractivity contribution in [2.24, 2.45) is 0 Å². The van der Waals surface area contributed by atoms with Crippen molar-refractivity contribution in [2.75, 3.05) is 13.2 Å². The molecule has 4 aromatic rings. The first-order valence-electron chi connectivity index (χ1n) is 9.79. The summed E-state index contributed by atoms with van der Waals surface area (Å²) in [6.45, 7) is 2.27. The van der Waals surface area contributed by atoms with Gasteiger partial charge < -0.3 is 19.3 Å². The largest absolute Gasteiger partial charge is 0.486 e. The Morgan fingerprint density at radius 1 is 1.16 bits per heavy atom. The van der Waals surface area contributed by atoms with Crippen molar-refractivity contribution >= 4 is 17.0 Å². The second-order valence-corrected chi connectivity index (χ2v) is 7.19. The van der Waals surface area contributed by atoms with Crippen LogP contribution in [0, 0.1) is 12.7 Å². The number of para-hydroxylation sites is 2. The van der Waals surface area contributed by atoms with Crippen molar-refractivity contribution in [1.82, 2.24) is 15.5 Å². The maximum Gasteiger partial charge on any atom is 0.259 e. The van der Waals surface area contributed by atoms with Crippen molar-refractivity contribution in [3.63, 3.8) is 0 Å². The molecule has 1 atom stereocenters. The Balaban J connectivity index is 1.42. The number of carbonyl (C=O) groups is 1. The standard InChI is InChI=1S/C23H18FN3O4/c1-13-21-16(10-18(26-23(21)31-27-13)15-6-2-3-7-17(15)24)22(28)25-11-14-12-29-19-8-4-5-9-20(19)30-14/h2-10,14H,11-12H2,1H3,(H,25,28)/t14-/m1/s1. The first-order chi connectivity index (χ1) is 15.1. The van der Waals surface area contributed by atoms with Crippen molar-refractivity contribution in [2.45, 2.75) is 13.0 Å². The Morgan fingerprint density at radius 2 is 1.94 bits per heavy atom. The number of aryl methyl sites for hydroxylation is 1. The number of benzene rings is 2. The minimum absolute atomic E-state index is 0.176. The summed E-state index contributed by atoms with van der Waals surface area (Å²) in [5.41, 5.74) is 1.57. The molecular formula is C23H18FN3O4. The van der Waals surface area contributed by atoms with Crippen LogP contribution in [0.3, 0.4) is 0 Å². The summed E-state index contributed by atoms with van der Waals surface area (Å²) < 4.78 is 31.2. The lowest BCUT2D eigenvalue weighted by molar-refractivity contribution is 0.0790. The smallest absolute Gasteiger partial charge is 0.259 e. The van der Waals surface area contributed by atoms with Gasteiger partial charge in [-0.3, -0.25) is 4.79 Å². The Morgan fingerprint density at radius 3 is 2.77 bits per heavy atom. The number of carbonyl (C=O) groups excluding carboxylic acids is 1. The second-order valence-electron chi connectivity index (χ2n) is 7.19. The van der Waals surface area contributed by atoms with Crippen LogP contribution in [-0.2, 0) is 0 Å². The van der Waals surface area contributed by atoms with Crippen LogP contribution in [0.1, 0.15) is 16.1 Å². The molecule has 5 rings (SSSR count). The van der Waals surface area contributed by atoms with Crippen LogP contribution in [-0.4, -0.2) is 35.3 Å². The first kappa shape index (κ1) is 19.0. The Hall–Kier alpha value is -3.94. The van der Waals surface area contributed by atoms with E-state index in [1.54, 1.807) is 31.2 Å². The molecule has 2 aromatic heterocycles. The van der Waals surface area contributed by atoms with Gasteiger partial charge in [-0.1, -0.05) is 29.4 Å². The van der Waals surface area contributed by atoms with Crippen molar-refractivity contribution in [1.29, 1.82) is 0 Å². The third kappa shape index (κ3) is 3.56. The average Bonchev–Trinajstić information content (AvgIpc) is 3.17. The molecule has 156 valence electrons. The van der Waals surface area contributed by atoms with Gasteiger partial charge in [-0.05, 0) is 37.3 Å². The van der Waals surface area contributed by atoms with Gasteiger partial charge in [-0.15, -0.1) is 0 Å². The number of aromatic nitrogens is 2. The monoisotopic (exact) mass is 419 g/mol. The molecule has 1 aliphatic heterocycles. The Bertz CT molecular complexity index is 1290. The lowest BCUT2D eigenvalue weighted by Gasteiger charge is -2.26. The molecule has 1 aliphatic rings. The van der Waals surface area contributed by atoms with Crippen molar-refractivity contribution in [3.8, 4) is 22.8 Å². The summed E-state index contributed by atoms with van der Waals surface area (Å²) in [5, 5.41) is 7.27. The summed E-state index contributed by atoms with van der Waals surface area (Å²) in [6, 6.07) is 15.1. The fourth-order valence-corrected chi connectivity index (χ4v) is 3.55. The fourth-order valence-electron chi connectivity index (χ4n) is 3.55. The zero-order chi connectivity index (χ0) is 21.4. The molecule has 2 aromatic carbocycles. The highest BCUT2D eigenvalue weighted by molar-refractivity contribution is 6.07. The quantitative estimate of drug-likeness (QED) is 0.540. The molecule has 7 nitrogen and oxygen atoms in total. The molecule has 0 saturated heterocycles. The Kier molecular flexibility index (Phi) is 4.74. The number of halogens is 1. The number of amides is 1. The van der Waals surface area contributed by atoms with E-state index in [1.807, 2.05) is 24.3 Å². The molecule has 1 N–H and O–H groups in total. The molecule has 0 bridgehead atoms. The van der Waals surface area contributed by atoms with Crippen LogP contribution >= 0.6 is 0 Å². The topological polar surface area (TPSA) is 86.5 Å². The summed E-state index contributed by atoms with van der Waals surface area (Å²) in [4.78, 5) is 17.4. The van der Waals surface area contributed by atoms with Gasteiger partial charge in [0.15, 0.2) is 11.5 Å². The van der Waals surface area contributed by atoms with E-state index in [-0.39, 0.29) is 35.5 Å². The summed E-state index contributed by atoms with van der Waals surface area (Å²) >= 11 is 0. The fraction of sp³-hybridized carbons (Fsp3) is 0.174. The molecular weight excluding hydrogens is 401 g/mol. The van der Waals surface area contributed by atoms with E-state index in [4.69, 9.17) is 14.0 Å². The molecule has 0 saturated carbocycles. The van der Waals surface area contributed by atoms with E-state index in [0.717, 1.165) is 0 Å². The molecule has 0 unspecified atom stereocenters. The van der Waals surface area contributed by atoms with Gasteiger partial charge in [-0.2, -0.15) is 0 Å². The van der Waals surface area contributed by atoms with Crippen molar-refractivity contribution < 1.29 is 23.2 Å². The predicted molar refractivity (Wildman–Crippen MR) is 111 cm³/mol. The molecule has 3 heterocycles. The maximum atomic E-state index is 14.3. The third-order valence-electron chi connectivity index (χ3n) is 5.07. The number of fused-ring (bicyclic) bond motifs is 2. The van der Waals surface area contributed by atoms with Crippen molar-refractivity contribution in [3.05, 3.63) is 71.7 Å². The van der Waals surface area contributed by atoms with Crippen LogP contribution in [0.15, 0.2) is 59.1 Å². The molecule has 0 fully saturated rings. The lowest BCUT2D eigenvalue weighted by atomic mass is 10.0. The highest BCUT2D eigenvalue weighted by atomic mass is 19.1. The number of nitrogens with zero attached hydrogens (tertiary/aromatic N) is 2. The van der Waals surface area contributed by atoms with Gasteiger partial charge >= 0.3 is 0 Å².